The van der Waals surface area contributed by atoms with Crippen molar-refractivity contribution in [2.24, 2.45) is 5.73 Å². The quantitative estimate of drug-likeness (QED) is 0.159. The number of rotatable bonds is 13. The molecular weight excluding hydrogens is 386 g/mol. The van der Waals surface area contributed by atoms with Crippen molar-refractivity contribution in [2.75, 3.05) is 19.6 Å². The predicted octanol–water partition coefficient (Wildman–Crippen LogP) is -2.49. The molecule has 12 nitrogen and oxygen atoms in total. The fourth-order valence-corrected chi connectivity index (χ4v) is 2.88. The van der Waals surface area contributed by atoms with Crippen LogP contribution in [0.15, 0.2) is 0 Å². The Morgan fingerprint density at radius 2 is 1.72 bits per heavy atom. The van der Waals surface area contributed by atoms with Crippen molar-refractivity contribution in [1.82, 2.24) is 21.3 Å². The van der Waals surface area contributed by atoms with Gasteiger partial charge in [0.15, 0.2) is 0 Å². The van der Waals surface area contributed by atoms with E-state index in [2.05, 4.69) is 16.0 Å². The highest BCUT2D eigenvalue weighted by Crippen LogP contribution is 2.08. The molecule has 0 aromatic rings. The van der Waals surface area contributed by atoms with Gasteiger partial charge in [-0.15, -0.1) is 0 Å². The minimum Gasteiger partial charge on any atom is -0.481 e. The van der Waals surface area contributed by atoms with Gasteiger partial charge >= 0.3 is 11.9 Å². The van der Waals surface area contributed by atoms with Crippen LogP contribution in [0.25, 0.3) is 0 Å². The second-order valence-electron chi connectivity index (χ2n) is 6.77. The van der Waals surface area contributed by atoms with Crippen molar-refractivity contribution in [3.63, 3.8) is 0 Å². The summed E-state index contributed by atoms with van der Waals surface area (Å²) in [6.45, 7) is 0.396. The molecule has 12 heteroatoms. The molecule has 164 valence electrons. The Bertz CT molecular complexity index is 607. The first-order valence-corrected chi connectivity index (χ1v) is 9.50. The molecule has 0 saturated carbocycles. The maximum Gasteiger partial charge on any atom is 0.322 e. The first-order chi connectivity index (χ1) is 13.7. The fourth-order valence-electron chi connectivity index (χ4n) is 2.88. The van der Waals surface area contributed by atoms with Crippen molar-refractivity contribution < 1.29 is 34.2 Å². The van der Waals surface area contributed by atoms with Crippen molar-refractivity contribution >= 4 is 29.7 Å². The molecule has 0 aromatic carbocycles. The summed E-state index contributed by atoms with van der Waals surface area (Å²) < 4.78 is 0. The van der Waals surface area contributed by atoms with Gasteiger partial charge in [0.05, 0.1) is 12.5 Å². The zero-order chi connectivity index (χ0) is 21.8. The molecule has 1 fully saturated rings. The molecular formula is C17H29N5O7. The molecule has 1 heterocycles. The maximum absolute atomic E-state index is 12.7. The molecule has 0 radical (unpaired) electrons. The highest BCUT2D eigenvalue weighted by Gasteiger charge is 2.30. The zero-order valence-corrected chi connectivity index (χ0v) is 16.1. The van der Waals surface area contributed by atoms with Gasteiger partial charge in [0, 0.05) is 0 Å². The van der Waals surface area contributed by atoms with Crippen LogP contribution in [0, 0.1) is 0 Å². The molecule has 3 unspecified atom stereocenters. The normalized spacial score (nSPS) is 17.8. The molecule has 0 aliphatic carbocycles. The third-order valence-electron chi connectivity index (χ3n) is 4.38. The number of nitrogens with two attached hydrogens (primary N) is 1. The van der Waals surface area contributed by atoms with Gasteiger partial charge in [0.25, 0.3) is 0 Å². The van der Waals surface area contributed by atoms with Crippen molar-refractivity contribution in [3.05, 3.63) is 0 Å². The van der Waals surface area contributed by atoms with Crippen molar-refractivity contribution in [3.8, 4) is 0 Å². The van der Waals surface area contributed by atoms with E-state index in [1.165, 1.54) is 0 Å². The Morgan fingerprint density at radius 1 is 1.00 bits per heavy atom. The standard InChI is InChI=1S/C17H29N5O7/c18-6-2-1-4-11(21-16(28)10-5-3-7-19-10)17(29)22-12(8-13(23)24)15(27)20-9-14(25)26/h10-12,19H,1-9,18H2,(H,20,27)(H,21,28)(H,22,29)(H,23,24)(H,25,26). The van der Waals surface area contributed by atoms with Gasteiger partial charge in [-0.25, -0.2) is 0 Å². The van der Waals surface area contributed by atoms with Crippen LogP contribution >= 0.6 is 0 Å². The first kappa shape index (κ1) is 24.3. The molecule has 1 aliphatic heterocycles. The van der Waals surface area contributed by atoms with Crippen LogP contribution in [0.4, 0.5) is 0 Å². The van der Waals surface area contributed by atoms with Crippen LogP contribution in [0.1, 0.15) is 38.5 Å². The van der Waals surface area contributed by atoms with E-state index >= 15 is 0 Å². The molecule has 0 bridgehead atoms. The lowest BCUT2D eigenvalue weighted by Crippen LogP contribution is -2.56. The van der Waals surface area contributed by atoms with E-state index in [1.807, 2.05) is 5.32 Å². The van der Waals surface area contributed by atoms with Crippen LogP contribution in [-0.4, -0.2) is 77.6 Å². The minimum atomic E-state index is -1.47. The monoisotopic (exact) mass is 415 g/mol. The fraction of sp³-hybridized carbons (Fsp3) is 0.706. The number of amides is 3. The summed E-state index contributed by atoms with van der Waals surface area (Å²) >= 11 is 0. The van der Waals surface area contributed by atoms with Gasteiger partial charge < -0.3 is 37.2 Å². The summed E-state index contributed by atoms with van der Waals surface area (Å²) in [6.07, 6.45) is 2.18. The number of aliphatic carboxylic acids is 2. The predicted molar refractivity (Wildman–Crippen MR) is 101 cm³/mol. The Hall–Kier alpha value is -2.73. The molecule has 8 N–H and O–H groups in total. The highest BCUT2D eigenvalue weighted by molar-refractivity contribution is 5.95. The second kappa shape index (κ2) is 12.7. The average molecular weight is 415 g/mol. The van der Waals surface area contributed by atoms with Gasteiger partial charge in [-0.2, -0.15) is 0 Å². The summed E-state index contributed by atoms with van der Waals surface area (Å²) in [7, 11) is 0. The Balaban J connectivity index is 2.79. The lowest BCUT2D eigenvalue weighted by molar-refractivity contribution is -0.141. The number of carboxylic acid groups (broad SMARTS) is 2. The third-order valence-corrected chi connectivity index (χ3v) is 4.38. The lowest BCUT2D eigenvalue weighted by atomic mass is 10.1. The van der Waals surface area contributed by atoms with Crippen LogP contribution in [0.3, 0.4) is 0 Å². The Kier molecular flexibility index (Phi) is 10.6. The zero-order valence-electron chi connectivity index (χ0n) is 16.1. The van der Waals surface area contributed by atoms with E-state index in [1.54, 1.807) is 0 Å². The molecule has 1 aliphatic rings. The van der Waals surface area contributed by atoms with E-state index in [0.717, 1.165) is 6.42 Å². The second-order valence-corrected chi connectivity index (χ2v) is 6.77. The minimum absolute atomic E-state index is 0.262. The van der Waals surface area contributed by atoms with Crippen molar-refractivity contribution in [1.29, 1.82) is 0 Å². The summed E-state index contributed by atoms with van der Waals surface area (Å²) in [5.74, 6) is -4.66. The smallest absolute Gasteiger partial charge is 0.322 e. The van der Waals surface area contributed by atoms with E-state index in [4.69, 9.17) is 15.9 Å². The van der Waals surface area contributed by atoms with Crippen LogP contribution in [-0.2, 0) is 24.0 Å². The van der Waals surface area contributed by atoms with Crippen LogP contribution < -0.4 is 27.0 Å². The summed E-state index contributed by atoms with van der Waals surface area (Å²) in [5.41, 5.74) is 5.46. The Morgan fingerprint density at radius 3 is 2.28 bits per heavy atom. The number of carbonyl (C=O) groups excluding carboxylic acids is 3. The summed E-state index contributed by atoms with van der Waals surface area (Å²) in [5, 5.41) is 27.6. The number of hydrogen-bond donors (Lipinski definition) is 7. The van der Waals surface area contributed by atoms with E-state index in [9.17, 15) is 24.0 Å². The number of carbonyl (C=O) groups is 5. The molecule has 0 spiro atoms. The number of nitrogens with one attached hydrogen (secondary N) is 4. The SMILES string of the molecule is NCCCCC(NC(=O)C1CCCN1)C(=O)NC(CC(=O)O)C(=O)NCC(=O)O. The first-order valence-electron chi connectivity index (χ1n) is 9.50. The summed E-state index contributed by atoms with van der Waals surface area (Å²) in [6, 6.07) is -2.86. The molecule has 0 aromatic heterocycles. The molecule has 3 amide bonds. The average Bonchev–Trinajstić information content (AvgIpc) is 3.19. The Labute approximate surface area is 168 Å². The number of carboxylic acids is 2. The highest BCUT2D eigenvalue weighted by atomic mass is 16.4. The van der Waals surface area contributed by atoms with Gasteiger partial charge in [-0.05, 0) is 45.2 Å². The molecule has 3 atom stereocenters. The van der Waals surface area contributed by atoms with Crippen molar-refractivity contribution in [2.45, 2.75) is 56.7 Å². The molecule has 1 saturated heterocycles. The number of hydrogen-bond acceptors (Lipinski definition) is 7. The lowest BCUT2D eigenvalue weighted by Gasteiger charge is -2.23. The third kappa shape index (κ3) is 9.34. The van der Waals surface area contributed by atoms with E-state index in [0.29, 0.717) is 32.4 Å². The van der Waals surface area contributed by atoms with Gasteiger partial charge in [-0.1, -0.05) is 0 Å². The van der Waals surface area contributed by atoms with Gasteiger partial charge in [-0.3, -0.25) is 24.0 Å². The van der Waals surface area contributed by atoms with Gasteiger partial charge in [0.1, 0.15) is 18.6 Å². The maximum atomic E-state index is 12.7. The van der Waals surface area contributed by atoms with E-state index in [-0.39, 0.29) is 12.3 Å². The van der Waals surface area contributed by atoms with Gasteiger partial charge in [0.2, 0.25) is 17.7 Å². The van der Waals surface area contributed by atoms with Crippen LogP contribution in [0.2, 0.25) is 0 Å². The molecule has 29 heavy (non-hydrogen) atoms. The number of unbranched alkanes of at least 4 members (excludes halogenated alkanes) is 1. The van der Waals surface area contributed by atoms with Crippen LogP contribution in [0.5, 0.6) is 0 Å². The topological polar surface area (TPSA) is 200 Å². The largest absolute Gasteiger partial charge is 0.481 e. The van der Waals surface area contributed by atoms with E-state index < -0.39 is 54.8 Å². The summed E-state index contributed by atoms with van der Waals surface area (Å²) in [4.78, 5) is 58.7. The molecule has 1 rings (SSSR count).